The van der Waals surface area contributed by atoms with Crippen LogP contribution < -0.4 is 5.32 Å². The van der Waals surface area contributed by atoms with Crippen molar-refractivity contribution in [2.75, 3.05) is 20.3 Å². The van der Waals surface area contributed by atoms with Crippen molar-refractivity contribution < 1.29 is 27.9 Å². The average Bonchev–Trinajstić information content (AvgIpc) is 3.33. The fourth-order valence-corrected chi connectivity index (χ4v) is 5.45. The molecule has 9 heteroatoms. The van der Waals surface area contributed by atoms with Crippen molar-refractivity contribution in [3.63, 3.8) is 0 Å². The Kier molecular flexibility index (Phi) is 9.71. The molecule has 1 aliphatic carbocycles. The van der Waals surface area contributed by atoms with Crippen LogP contribution in [-0.4, -0.2) is 60.7 Å². The Morgan fingerprint density at radius 3 is 1.74 bits per heavy atom. The van der Waals surface area contributed by atoms with Crippen LogP contribution in [0.1, 0.15) is 62.3 Å². The molecule has 1 unspecified atom stereocenters. The molecule has 0 bridgehead atoms. The van der Waals surface area contributed by atoms with Crippen LogP contribution in [0, 0.1) is 17.8 Å². The van der Waals surface area contributed by atoms with Crippen molar-refractivity contribution in [2.45, 2.75) is 110 Å². The standard InChI is InChI=1S/C25H51NO6Si2/c1-23(2,3)32-22(28)26-18(16-31-34(13,14)25(7,8)9)19-17(20(19)21(27)29-10)15-30-33(11,12)24(4,5)6/h17-20H,15-16H2,1-14H3,(H,26,28)/t17?,18-,19-,20-/m1/s1. The molecule has 34 heavy (non-hydrogen) atoms. The van der Waals surface area contributed by atoms with E-state index >= 15 is 0 Å². The quantitative estimate of drug-likeness (QED) is 0.300. The molecule has 1 aliphatic rings. The van der Waals surface area contributed by atoms with Gasteiger partial charge in [0, 0.05) is 18.4 Å². The van der Waals surface area contributed by atoms with Gasteiger partial charge < -0.3 is 23.6 Å². The monoisotopic (exact) mass is 517 g/mol. The van der Waals surface area contributed by atoms with Gasteiger partial charge in [-0.1, -0.05) is 41.5 Å². The molecule has 0 radical (unpaired) electrons. The third-order valence-electron chi connectivity index (χ3n) is 7.74. The van der Waals surface area contributed by atoms with Gasteiger partial charge in [0.1, 0.15) is 5.60 Å². The minimum Gasteiger partial charge on any atom is -0.469 e. The van der Waals surface area contributed by atoms with E-state index in [9.17, 15) is 9.59 Å². The van der Waals surface area contributed by atoms with Gasteiger partial charge >= 0.3 is 12.1 Å². The maximum atomic E-state index is 12.7. The van der Waals surface area contributed by atoms with Gasteiger partial charge in [0.2, 0.25) is 0 Å². The molecule has 4 atom stereocenters. The van der Waals surface area contributed by atoms with Gasteiger partial charge in [0.25, 0.3) is 0 Å². The van der Waals surface area contributed by atoms with Crippen molar-refractivity contribution in [3.8, 4) is 0 Å². The number of esters is 1. The van der Waals surface area contributed by atoms with Crippen LogP contribution in [0.25, 0.3) is 0 Å². The molecular formula is C25H51NO6Si2. The predicted octanol–water partition coefficient (Wildman–Crippen LogP) is 5.96. The highest BCUT2D eigenvalue weighted by atomic mass is 28.4. The first kappa shape index (κ1) is 31.1. The average molecular weight is 518 g/mol. The third kappa shape index (κ3) is 8.34. The van der Waals surface area contributed by atoms with Crippen LogP contribution in [0.4, 0.5) is 4.79 Å². The number of hydrogen-bond acceptors (Lipinski definition) is 6. The number of hydrogen-bond donors (Lipinski definition) is 1. The summed E-state index contributed by atoms with van der Waals surface area (Å²) < 4.78 is 23.6. The number of rotatable bonds is 9. The minimum absolute atomic E-state index is 0.0274. The van der Waals surface area contributed by atoms with E-state index in [1.54, 1.807) is 0 Å². The lowest BCUT2D eigenvalue weighted by Gasteiger charge is -2.37. The summed E-state index contributed by atoms with van der Waals surface area (Å²) in [4.78, 5) is 25.4. The lowest BCUT2D eigenvalue weighted by Crippen LogP contribution is -2.48. The Morgan fingerprint density at radius 2 is 1.32 bits per heavy atom. The maximum Gasteiger partial charge on any atom is 0.407 e. The van der Waals surface area contributed by atoms with Gasteiger partial charge in [-0.15, -0.1) is 0 Å². The highest BCUT2D eigenvalue weighted by molar-refractivity contribution is 6.74. The molecule has 1 amide bonds. The summed E-state index contributed by atoms with van der Waals surface area (Å²) in [6, 6.07) is -0.374. The number of amides is 1. The zero-order valence-corrected chi connectivity index (χ0v) is 26.2. The van der Waals surface area contributed by atoms with Crippen LogP contribution in [-0.2, 0) is 23.1 Å². The van der Waals surface area contributed by atoms with Gasteiger partial charge in [-0.2, -0.15) is 0 Å². The lowest BCUT2D eigenvalue weighted by atomic mass is 10.1. The fourth-order valence-electron chi connectivity index (χ4n) is 3.38. The molecule has 0 saturated heterocycles. The Bertz CT molecular complexity index is 718. The number of carbonyl (C=O) groups is 2. The Balaban J connectivity index is 3.14. The smallest absolute Gasteiger partial charge is 0.407 e. The maximum absolute atomic E-state index is 12.7. The second-order valence-corrected chi connectivity index (χ2v) is 23.3. The second kappa shape index (κ2) is 10.6. The van der Waals surface area contributed by atoms with Crippen molar-refractivity contribution in [2.24, 2.45) is 17.8 Å². The Labute approximate surface area is 210 Å². The SMILES string of the molecule is COC(=O)[C@@H]1C(CO[Si](C)(C)C(C)(C)C)[C@@H]1[C@@H](CO[Si](C)(C)C(C)(C)C)NC(=O)OC(C)(C)C. The summed E-state index contributed by atoms with van der Waals surface area (Å²) in [6.07, 6.45) is -0.504. The van der Waals surface area contributed by atoms with E-state index in [0.717, 1.165) is 0 Å². The first-order chi connectivity index (χ1) is 15.0. The molecule has 0 aromatic heterocycles. The summed E-state index contributed by atoms with van der Waals surface area (Å²) in [6.45, 7) is 28.2. The Hall–Kier alpha value is -0.906. The molecule has 0 aliphatic heterocycles. The van der Waals surface area contributed by atoms with Crippen molar-refractivity contribution in [3.05, 3.63) is 0 Å². The van der Waals surface area contributed by atoms with Crippen LogP contribution in [0.15, 0.2) is 0 Å². The largest absolute Gasteiger partial charge is 0.469 e. The van der Waals surface area contributed by atoms with E-state index in [1.165, 1.54) is 7.11 Å². The predicted molar refractivity (Wildman–Crippen MR) is 142 cm³/mol. The number of alkyl carbamates (subject to hydrolysis) is 1. The van der Waals surface area contributed by atoms with Crippen LogP contribution in [0.3, 0.4) is 0 Å². The summed E-state index contributed by atoms with van der Waals surface area (Å²) in [7, 11) is -2.65. The van der Waals surface area contributed by atoms with Gasteiger partial charge in [0.05, 0.1) is 25.7 Å². The Morgan fingerprint density at radius 1 is 0.853 bits per heavy atom. The lowest BCUT2D eigenvalue weighted by molar-refractivity contribution is -0.143. The van der Waals surface area contributed by atoms with E-state index in [2.05, 4.69) is 73.0 Å². The zero-order chi connectivity index (χ0) is 26.9. The summed E-state index contributed by atoms with van der Waals surface area (Å²) in [5.74, 6) is -0.770. The molecule has 1 N–H and O–H groups in total. The van der Waals surface area contributed by atoms with E-state index in [-0.39, 0.29) is 39.8 Å². The van der Waals surface area contributed by atoms with Crippen molar-refractivity contribution in [1.82, 2.24) is 5.32 Å². The number of methoxy groups -OCH3 is 1. The van der Waals surface area contributed by atoms with E-state index < -0.39 is 28.3 Å². The number of ether oxygens (including phenoxy) is 2. The normalized spacial score (nSPS) is 22.7. The minimum atomic E-state index is -2.07. The molecule has 7 nitrogen and oxygen atoms in total. The van der Waals surface area contributed by atoms with Crippen LogP contribution in [0.2, 0.25) is 36.3 Å². The van der Waals surface area contributed by atoms with Crippen LogP contribution >= 0.6 is 0 Å². The van der Waals surface area contributed by atoms with Crippen LogP contribution in [0.5, 0.6) is 0 Å². The van der Waals surface area contributed by atoms with E-state index in [0.29, 0.717) is 13.2 Å². The molecule has 0 spiro atoms. The molecule has 0 heterocycles. The summed E-state index contributed by atoms with van der Waals surface area (Å²) in [5, 5.41) is 3.10. The second-order valence-electron chi connectivity index (χ2n) is 13.7. The molecule has 1 rings (SSSR count). The topological polar surface area (TPSA) is 83.1 Å². The molecule has 1 fully saturated rings. The molecule has 0 aromatic carbocycles. The van der Waals surface area contributed by atoms with Gasteiger partial charge in [-0.25, -0.2) is 4.79 Å². The van der Waals surface area contributed by atoms with Crippen molar-refractivity contribution >= 4 is 28.7 Å². The van der Waals surface area contributed by atoms with E-state index in [4.69, 9.17) is 18.3 Å². The molecular weight excluding hydrogens is 466 g/mol. The summed E-state index contributed by atoms with van der Waals surface area (Å²) >= 11 is 0. The number of nitrogens with one attached hydrogen (secondary N) is 1. The van der Waals surface area contributed by atoms with Gasteiger partial charge in [-0.3, -0.25) is 4.79 Å². The van der Waals surface area contributed by atoms with Crippen molar-refractivity contribution in [1.29, 1.82) is 0 Å². The van der Waals surface area contributed by atoms with Gasteiger partial charge in [-0.05, 0) is 57.0 Å². The molecule has 1 saturated carbocycles. The fraction of sp³-hybridized carbons (Fsp3) is 0.920. The first-order valence-electron chi connectivity index (χ1n) is 12.4. The highest BCUT2D eigenvalue weighted by Crippen LogP contribution is 2.51. The summed E-state index contributed by atoms with van der Waals surface area (Å²) in [5.41, 5.74) is -0.620. The highest BCUT2D eigenvalue weighted by Gasteiger charge is 2.60. The third-order valence-corrected chi connectivity index (χ3v) is 16.7. The van der Waals surface area contributed by atoms with E-state index in [1.807, 2.05) is 20.8 Å². The number of carbonyl (C=O) groups excluding carboxylic acids is 2. The zero-order valence-electron chi connectivity index (χ0n) is 24.2. The van der Waals surface area contributed by atoms with Gasteiger partial charge in [0.15, 0.2) is 16.6 Å². The molecule has 200 valence electrons. The first-order valence-corrected chi connectivity index (χ1v) is 18.2. The molecule has 0 aromatic rings.